The van der Waals surface area contributed by atoms with Crippen molar-refractivity contribution in [2.45, 2.75) is 25.5 Å². The highest BCUT2D eigenvalue weighted by molar-refractivity contribution is 5.78. The van der Waals surface area contributed by atoms with E-state index in [2.05, 4.69) is 10.9 Å². The summed E-state index contributed by atoms with van der Waals surface area (Å²) in [5, 5.41) is 8.80. The number of hydrazine groups is 1. The summed E-state index contributed by atoms with van der Waals surface area (Å²) < 4.78 is 5.31. The second kappa shape index (κ2) is 9.81. The number of primary amides is 1. The lowest BCUT2D eigenvalue weighted by Crippen LogP contribution is -2.42. The second-order valence-corrected chi connectivity index (χ2v) is 5.61. The van der Waals surface area contributed by atoms with E-state index in [1.807, 2.05) is 36.4 Å². The van der Waals surface area contributed by atoms with E-state index in [9.17, 15) is 9.59 Å². The number of esters is 1. The number of carbonyl (C=O) groups is 2. The lowest BCUT2D eigenvalue weighted by molar-refractivity contribution is -0.147. The number of ether oxygens (including phenoxy) is 1. The van der Waals surface area contributed by atoms with E-state index < -0.39 is 17.9 Å². The number of nitrogens with two attached hydrogens (primary N) is 1. The molecule has 0 aromatic heterocycles. The highest BCUT2D eigenvalue weighted by Crippen LogP contribution is 2.09. The van der Waals surface area contributed by atoms with E-state index in [1.54, 1.807) is 24.3 Å². The molecule has 0 radical (unpaired) electrons. The van der Waals surface area contributed by atoms with Crippen LogP contribution in [0.15, 0.2) is 54.6 Å². The van der Waals surface area contributed by atoms with E-state index in [4.69, 9.17) is 15.7 Å². The summed E-state index contributed by atoms with van der Waals surface area (Å²) in [5.74, 6) is -0.984. The van der Waals surface area contributed by atoms with Crippen LogP contribution in [-0.4, -0.2) is 17.9 Å². The summed E-state index contributed by atoms with van der Waals surface area (Å²) in [7, 11) is 0. The Bertz CT molecular complexity index is 770. The molecule has 4 N–H and O–H groups in total. The van der Waals surface area contributed by atoms with Crippen LogP contribution in [0.1, 0.15) is 24.0 Å². The third-order valence-corrected chi connectivity index (χ3v) is 3.59. The maximum atomic E-state index is 12.3. The SMILES string of the molecule is N#Cc1ccc(NN[C@@H](CCC(N)=O)C(=O)OCc2ccccc2)cc1. The number of benzene rings is 2. The van der Waals surface area contributed by atoms with Gasteiger partial charge < -0.3 is 15.9 Å². The van der Waals surface area contributed by atoms with Crippen molar-refractivity contribution < 1.29 is 14.3 Å². The van der Waals surface area contributed by atoms with E-state index in [0.717, 1.165) is 5.56 Å². The molecule has 0 aliphatic rings. The zero-order valence-corrected chi connectivity index (χ0v) is 14.1. The molecule has 0 heterocycles. The molecular formula is C19H20N4O3. The largest absolute Gasteiger partial charge is 0.460 e. The zero-order chi connectivity index (χ0) is 18.8. The lowest BCUT2D eigenvalue weighted by Gasteiger charge is -2.18. The molecule has 0 saturated carbocycles. The van der Waals surface area contributed by atoms with E-state index in [0.29, 0.717) is 11.3 Å². The van der Waals surface area contributed by atoms with Gasteiger partial charge in [-0.15, -0.1) is 0 Å². The molecule has 0 fully saturated rings. The van der Waals surface area contributed by atoms with Gasteiger partial charge in [-0.1, -0.05) is 30.3 Å². The van der Waals surface area contributed by atoms with Crippen LogP contribution in [0.5, 0.6) is 0 Å². The molecule has 2 rings (SSSR count). The normalized spacial score (nSPS) is 11.2. The summed E-state index contributed by atoms with van der Waals surface area (Å²) in [6.07, 6.45) is 0.249. The molecule has 0 spiro atoms. The zero-order valence-electron chi connectivity index (χ0n) is 14.1. The molecule has 0 bridgehead atoms. The van der Waals surface area contributed by atoms with Crippen molar-refractivity contribution >= 4 is 17.6 Å². The van der Waals surface area contributed by atoms with E-state index in [-0.39, 0.29) is 19.4 Å². The number of carbonyl (C=O) groups excluding carboxylic acids is 2. The van der Waals surface area contributed by atoms with Gasteiger partial charge in [-0.2, -0.15) is 5.26 Å². The Morgan fingerprint density at radius 1 is 1.12 bits per heavy atom. The van der Waals surface area contributed by atoms with Crippen LogP contribution >= 0.6 is 0 Å². The van der Waals surface area contributed by atoms with Gasteiger partial charge in [0.15, 0.2) is 0 Å². The average Bonchev–Trinajstić information content (AvgIpc) is 2.67. The molecule has 26 heavy (non-hydrogen) atoms. The molecule has 7 nitrogen and oxygen atoms in total. The van der Waals surface area contributed by atoms with Crippen LogP contribution in [-0.2, 0) is 20.9 Å². The van der Waals surface area contributed by atoms with Crippen molar-refractivity contribution in [3.05, 3.63) is 65.7 Å². The number of nitriles is 1. The van der Waals surface area contributed by atoms with Gasteiger partial charge in [-0.3, -0.25) is 9.59 Å². The quantitative estimate of drug-likeness (QED) is 0.468. The fraction of sp³-hybridized carbons (Fsp3) is 0.211. The first-order valence-electron chi connectivity index (χ1n) is 8.09. The number of nitrogens with one attached hydrogen (secondary N) is 2. The van der Waals surface area contributed by atoms with Crippen molar-refractivity contribution in [1.29, 1.82) is 5.26 Å². The minimum atomic E-state index is -0.748. The van der Waals surface area contributed by atoms with Gasteiger partial charge in [-0.25, -0.2) is 5.43 Å². The molecule has 0 aliphatic carbocycles. The first kappa shape index (κ1) is 19.0. The Labute approximate surface area is 151 Å². The van der Waals surface area contributed by atoms with Gasteiger partial charge in [0.2, 0.25) is 5.91 Å². The van der Waals surface area contributed by atoms with Crippen molar-refractivity contribution in [2.75, 3.05) is 5.43 Å². The van der Waals surface area contributed by atoms with Crippen molar-refractivity contribution in [3.63, 3.8) is 0 Å². The Kier molecular flexibility index (Phi) is 7.16. The smallest absolute Gasteiger partial charge is 0.325 e. The number of nitrogens with zero attached hydrogens (tertiary/aromatic N) is 1. The number of amides is 1. The summed E-state index contributed by atoms with van der Waals surface area (Å²) in [4.78, 5) is 23.4. The molecule has 0 aliphatic heterocycles. The fourth-order valence-corrected chi connectivity index (χ4v) is 2.16. The third kappa shape index (κ3) is 6.26. The molecule has 1 atom stereocenters. The van der Waals surface area contributed by atoms with Crippen LogP contribution in [0.4, 0.5) is 5.69 Å². The third-order valence-electron chi connectivity index (χ3n) is 3.59. The van der Waals surface area contributed by atoms with Gasteiger partial charge in [0.1, 0.15) is 12.6 Å². The second-order valence-electron chi connectivity index (χ2n) is 5.61. The predicted octanol–water partition coefficient (Wildman–Crippen LogP) is 1.85. The van der Waals surface area contributed by atoms with Crippen LogP contribution in [0.25, 0.3) is 0 Å². The summed E-state index contributed by atoms with van der Waals surface area (Å²) in [6.45, 7) is 0.144. The van der Waals surface area contributed by atoms with Crippen molar-refractivity contribution in [2.24, 2.45) is 5.73 Å². The minimum absolute atomic E-state index is 0.0488. The fourth-order valence-electron chi connectivity index (χ4n) is 2.16. The molecule has 2 aromatic rings. The maximum Gasteiger partial charge on any atom is 0.325 e. The molecule has 2 aromatic carbocycles. The molecule has 0 saturated heterocycles. The first-order chi connectivity index (χ1) is 12.6. The minimum Gasteiger partial charge on any atom is -0.460 e. The Morgan fingerprint density at radius 2 is 1.81 bits per heavy atom. The Balaban J connectivity index is 1.93. The Morgan fingerprint density at radius 3 is 2.42 bits per heavy atom. The van der Waals surface area contributed by atoms with Crippen LogP contribution in [0, 0.1) is 11.3 Å². The molecule has 1 amide bonds. The van der Waals surface area contributed by atoms with E-state index in [1.165, 1.54) is 0 Å². The van der Waals surface area contributed by atoms with Gasteiger partial charge >= 0.3 is 5.97 Å². The molecule has 7 heteroatoms. The highest BCUT2D eigenvalue weighted by Gasteiger charge is 2.20. The first-order valence-corrected chi connectivity index (χ1v) is 8.09. The summed E-state index contributed by atoms with van der Waals surface area (Å²) >= 11 is 0. The lowest BCUT2D eigenvalue weighted by atomic mass is 10.1. The predicted molar refractivity (Wildman–Crippen MR) is 96.4 cm³/mol. The molecule has 134 valence electrons. The van der Waals surface area contributed by atoms with Crippen LogP contribution in [0.3, 0.4) is 0 Å². The monoisotopic (exact) mass is 352 g/mol. The number of rotatable bonds is 9. The van der Waals surface area contributed by atoms with Crippen molar-refractivity contribution in [1.82, 2.24) is 5.43 Å². The van der Waals surface area contributed by atoms with Gasteiger partial charge in [0, 0.05) is 12.1 Å². The van der Waals surface area contributed by atoms with Crippen LogP contribution < -0.4 is 16.6 Å². The highest BCUT2D eigenvalue weighted by atomic mass is 16.5. The topological polar surface area (TPSA) is 117 Å². The standard InChI is InChI=1S/C19H20N4O3/c20-12-14-6-8-16(9-7-14)22-23-17(10-11-18(21)24)19(25)26-13-15-4-2-1-3-5-15/h1-9,17,22-23H,10-11,13H2,(H2,21,24)/t17-/m0/s1. The van der Waals surface area contributed by atoms with Gasteiger partial charge in [0.05, 0.1) is 11.6 Å². The molecule has 0 unspecified atom stereocenters. The van der Waals surface area contributed by atoms with Gasteiger partial charge in [-0.05, 0) is 36.2 Å². The van der Waals surface area contributed by atoms with Crippen LogP contribution in [0.2, 0.25) is 0 Å². The Hall–Kier alpha value is -3.37. The van der Waals surface area contributed by atoms with E-state index >= 15 is 0 Å². The molecular weight excluding hydrogens is 332 g/mol. The maximum absolute atomic E-state index is 12.3. The van der Waals surface area contributed by atoms with Gasteiger partial charge in [0.25, 0.3) is 0 Å². The summed E-state index contributed by atoms with van der Waals surface area (Å²) in [5.41, 5.74) is 13.0. The summed E-state index contributed by atoms with van der Waals surface area (Å²) in [6, 6.07) is 17.3. The number of hydrogen-bond acceptors (Lipinski definition) is 6. The average molecular weight is 352 g/mol. The number of anilines is 1. The number of hydrogen-bond donors (Lipinski definition) is 3. The van der Waals surface area contributed by atoms with Crippen molar-refractivity contribution in [3.8, 4) is 6.07 Å².